The van der Waals surface area contributed by atoms with Crippen molar-refractivity contribution in [2.75, 3.05) is 43.5 Å². The van der Waals surface area contributed by atoms with E-state index in [0.29, 0.717) is 5.69 Å². The summed E-state index contributed by atoms with van der Waals surface area (Å²) < 4.78 is 30.3. The van der Waals surface area contributed by atoms with Crippen LogP contribution in [-0.4, -0.2) is 52.8 Å². The van der Waals surface area contributed by atoms with Gasteiger partial charge in [0.2, 0.25) is 10.0 Å². The number of methoxy groups -OCH3 is 1. The number of benzene rings is 3. The standard InChI is InChI=1S/C26H32N4O3S/c1-20(33-2)29-15-17-30(18-16-29)23-13-14-25(34(27,31)32)24(19-23)28-26(21-9-5-3-6-10-21)22-11-7-4-8-12-22/h3-14,19-20,26,28H,15-18H2,1-2H3,(H2,27,31,32). The fourth-order valence-electron chi connectivity index (χ4n) is 4.37. The van der Waals surface area contributed by atoms with Crippen LogP contribution in [0.15, 0.2) is 83.8 Å². The Labute approximate surface area is 202 Å². The Morgan fingerprint density at radius 2 is 1.44 bits per heavy atom. The third-order valence-corrected chi connectivity index (χ3v) is 7.34. The van der Waals surface area contributed by atoms with Crippen molar-refractivity contribution in [2.45, 2.75) is 24.1 Å². The fourth-order valence-corrected chi connectivity index (χ4v) is 5.06. The average Bonchev–Trinajstić information content (AvgIpc) is 2.87. The van der Waals surface area contributed by atoms with Crippen molar-refractivity contribution in [1.82, 2.24) is 4.90 Å². The summed E-state index contributed by atoms with van der Waals surface area (Å²) in [5.41, 5.74) is 3.51. The van der Waals surface area contributed by atoms with E-state index >= 15 is 0 Å². The quantitative estimate of drug-likeness (QED) is 0.512. The van der Waals surface area contributed by atoms with E-state index in [2.05, 4.69) is 15.1 Å². The number of ether oxygens (including phenoxy) is 1. The predicted molar refractivity (Wildman–Crippen MR) is 136 cm³/mol. The molecule has 1 aliphatic rings. The molecular weight excluding hydrogens is 448 g/mol. The highest BCUT2D eigenvalue weighted by molar-refractivity contribution is 7.89. The van der Waals surface area contributed by atoms with Gasteiger partial charge in [-0.15, -0.1) is 0 Å². The van der Waals surface area contributed by atoms with Gasteiger partial charge in [-0.2, -0.15) is 0 Å². The first kappa shape index (κ1) is 24.2. The normalized spacial score (nSPS) is 15.9. The number of piperazine rings is 1. The molecule has 1 heterocycles. The molecule has 1 unspecified atom stereocenters. The van der Waals surface area contributed by atoms with Crippen LogP contribution in [-0.2, 0) is 14.8 Å². The molecule has 0 aromatic heterocycles. The summed E-state index contributed by atoms with van der Waals surface area (Å²) in [6.07, 6.45) is 0.0710. The van der Waals surface area contributed by atoms with Gasteiger partial charge in [-0.3, -0.25) is 4.90 Å². The Bertz CT molecular complexity index is 1140. The maximum Gasteiger partial charge on any atom is 0.240 e. The minimum absolute atomic E-state index is 0.0710. The molecule has 3 aromatic carbocycles. The SMILES string of the molecule is COC(C)N1CCN(c2ccc(S(N)(=O)=O)c(NC(c3ccccc3)c3ccccc3)c2)CC1. The molecule has 0 aliphatic carbocycles. The molecular formula is C26H32N4O3S. The van der Waals surface area contributed by atoms with Crippen molar-refractivity contribution in [3.63, 3.8) is 0 Å². The Morgan fingerprint density at radius 1 is 0.882 bits per heavy atom. The van der Waals surface area contributed by atoms with Gasteiger partial charge < -0.3 is 15.0 Å². The van der Waals surface area contributed by atoms with E-state index in [1.54, 1.807) is 13.2 Å². The van der Waals surface area contributed by atoms with Crippen molar-refractivity contribution < 1.29 is 13.2 Å². The number of sulfonamides is 1. The third kappa shape index (κ3) is 5.59. The second-order valence-corrected chi connectivity index (χ2v) is 10.0. The van der Waals surface area contributed by atoms with Crippen molar-refractivity contribution in [2.24, 2.45) is 5.14 Å². The molecule has 3 N–H and O–H groups in total. The number of rotatable bonds is 8. The van der Waals surface area contributed by atoms with Crippen molar-refractivity contribution in [3.05, 3.63) is 90.0 Å². The van der Waals surface area contributed by atoms with Gasteiger partial charge in [0.15, 0.2) is 0 Å². The molecule has 0 radical (unpaired) electrons. The van der Waals surface area contributed by atoms with Gasteiger partial charge in [-0.05, 0) is 36.2 Å². The molecule has 180 valence electrons. The van der Waals surface area contributed by atoms with E-state index < -0.39 is 10.0 Å². The van der Waals surface area contributed by atoms with E-state index in [0.717, 1.165) is 43.0 Å². The summed E-state index contributed by atoms with van der Waals surface area (Å²) in [5, 5.41) is 9.09. The number of hydrogen-bond acceptors (Lipinski definition) is 6. The molecule has 8 heteroatoms. The highest BCUT2D eigenvalue weighted by atomic mass is 32.2. The number of nitrogens with two attached hydrogens (primary N) is 1. The van der Waals surface area contributed by atoms with Crippen LogP contribution in [0.5, 0.6) is 0 Å². The number of nitrogens with zero attached hydrogens (tertiary/aromatic N) is 2. The molecule has 1 atom stereocenters. The van der Waals surface area contributed by atoms with Crippen molar-refractivity contribution in [1.29, 1.82) is 0 Å². The average molecular weight is 481 g/mol. The van der Waals surface area contributed by atoms with Crippen LogP contribution >= 0.6 is 0 Å². The van der Waals surface area contributed by atoms with E-state index in [9.17, 15) is 8.42 Å². The molecule has 1 saturated heterocycles. The molecule has 34 heavy (non-hydrogen) atoms. The first-order chi connectivity index (χ1) is 16.4. The Hall–Kier alpha value is -2.91. The number of hydrogen-bond donors (Lipinski definition) is 2. The lowest BCUT2D eigenvalue weighted by Gasteiger charge is -2.38. The van der Waals surface area contributed by atoms with Crippen LogP contribution in [0, 0.1) is 0 Å². The third-order valence-electron chi connectivity index (χ3n) is 6.37. The largest absolute Gasteiger partial charge is 0.373 e. The van der Waals surface area contributed by atoms with Crippen LogP contribution in [0.25, 0.3) is 0 Å². The molecule has 0 spiro atoms. The summed E-state index contributed by atoms with van der Waals surface area (Å²) >= 11 is 0. The summed E-state index contributed by atoms with van der Waals surface area (Å²) in [7, 11) is -2.20. The van der Waals surface area contributed by atoms with E-state index in [1.165, 1.54) is 0 Å². The maximum absolute atomic E-state index is 12.5. The number of anilines is 2. The monoisotopic (exact) mass is 480 g/mol. The number of nitrogens with one attached hydrogen (secondary N) is 1. The van der Waals surface area contributed by atoms with Crippen LogP contribution in [0.4, 0.5) is 11.4 Å². The lowest BCUT2D eigenvalue weighted by molar-refractivity contribution is -0.0212. The lowest BCUT2D eigenvalue weighted by Crippen LogP contribution is -2.50. The van der Waals surface area contributed by atoms with Gasteiger partial charge in [0, 0.05) is 39.0 Å². The molecule has 0 saturated carbocycles. The highest BCUT2D eigenvalue weighted by Crippen LogP contribution is 2.33. The Balaban J connectivity index is 1.68. The minimum Gasteiger partial charge on any atom is -0.373 e. The van der Waals surface area contributed by atoms with Gasteiger partial charge in [-0.1, -0.05) is 60.7 Å². The van der Waals surface area contributed by atoms with Gasteiger partial charge in [0.1, 0.15) is 11.1 Å². The summed E-state index contributed by atoms with van der Waals surface area (Å²) in [5.74, 6) is 0. The molecule has 3 aromatic rings. The van der Waals surface area contributed by atoms with Crippen molar-refractivity contribution in [3.8, 4) is 0 Å². The van der Waals surface area contributed by atoms with Crippen LogP contribution < -0.4 is 15.4 Å². The summed E-state index contributed by atoms with van der Waals surface area (Å²) in [6, 6.07) is 25.0. The smallest absolute Gasteiger partial charge is 0.240 e. The number of primary sulfonamides is 1. The zero-order valence-corrected chi connectivity index (χ0v) is 20.4. The van der Waals surface area contributed by atoms with Crippen LogP contribution in [0.2, 0.25) is 0 Å². The Kier molecular flexibility index (Phi) is 7.53. The van der Waals surface area contributed by atoms with Crippen LogP contribution in [0.1, 0.15) is 24.1 Å². The van der Waals surface area contributed by atoms with E-state index in [1.807, 2.05) is 79.7 Å². The first-order valence-electron chi connectivity index (χ1n) is 11.4. The molecule has 0 amide bonds. The maximum atomic E-state index is 12.5. The van der Waals surface area contributed by atoms with Gasteiger partial charge in [0.25, 0.3) is 0 Å². The van der Waals surface area contributed by atoms with Crippen LogP contribution in [0.3, 0.4) is 0 Å². The second-order valence-electron chi connectivity index (χ2n) is 8.48. The zero-order valence-electron chi connectivity index (χ0n) is 19.6. The van der Waals surface area contributed by atoms with E-state index in [4.69, 9.17) is 9.88 Å². The molecule has 1 aliphatic heterocycles. The minimum atomic E-state index is -3.92. The van der Waals surface area contributed by atoms with Gasteiger partial charge in [-0.25, -0.2) is 13.6 Å². The second kappa shape index (κ2) is 10.6. The fraction of sp³-hybridized carbons (Fsp3) is 0.308. The molecule has 7 nitrogen and oxygen atoms in total. The molecule has 4 rings (SSSR count). The van der Waals surface area contributed by atoms with Crippen molar-refractivity contribution >= 4 is 21.4 Å². The first-order valence-corrected chi connectivity index (χ1v) is 13.0. The highest BCUT2D eigenvalue weighted by Gasteiger charge is 2.24. The lowest BCUT2D eigenvalue weighted by atomic mass is 9.98. The van der Waals surface area contributed by atoms with E-state index in [-0.39, 0.29) is 17.2 Å². The summed E-state index contributed by atoms with van der Waals surface area (Å²) in [6.45, 7) is 5.42. The Morgan fingerprint density at radius 3 is 1.94 bits per heavy atom. The van der Waals surface area contributed by atoms with Gasteiger partial charge >= 0.3 is 0 Å². The zero-order chi connectivity index (χ0) is 24.1. The topological polar surface area (TPSA) is 87.9 Å². The predicted octanol–water partition coefficient (Wildman–Crippen LogP) is 3.65. The van der Waals surface area contributed by atoms with Gasteiger partial charge in [0.05, 0.1) is 11.7 Å². The molecule has 1 fully saturated rings. The molecule has 0 bridgehead atoms. The summed E-state index contributed by atoms with van der Waals surface area (Å²) in [4.78, 5) is 4.63.